The van der Waals surface area contributed by atoms with Crippen molar-refractivity contribution in [2.24, 2.45) is 5.92 Å². The highest BCUT2D eigenvalue weighted by Crippen LogP contribution is 2.24. The van der Waals surface area contributed by atoms with Crippen LogP contribution < -0.4 is 0 Å². The minimum absolute atomic E-state index is 0.0911. The van der Waals surface area contributed by atoms with Crippen LogP contribution in [0.15, 0.2) is 48.5 Å². The quantitative estimate of drug-likeness (QED) is 0.711. The zero-order chi connectivity index (χ0) is 20.1. The summed E-state index contributed by atoms with van der Waals surface area (Å²) >= 11 is 0. The summed E-state index contributed by atoms with van der Waals surface area (Å²) in [5.74, 6) is 0.354. The monoisotopic (exact) mass is 383 g/mol. The largest absolute Gasteiger partial charge is 0.376 e. The number of amides is 1. The second-order valence-corrected chi connectivity index (χ2v) is 8.70. The Labute approximate surface area is 167 Å². The summed E-state index contributed by atoms with van der Waals surface area (Å²) in [7, 11) is 0. The molecule has 1 amide bonds. The predicted octanol–water partition coefficient (Wildman–Crippen LogP) is 5.19. The Balaban J connectivity index is 1.44. The number of hydrogen-bond acceptors (Lipinski definition) is 2. The van der Waals surface area contributed by atoms with Gasteiger partial charge in [0.25, 0.3) is 5.91 Å². The molecule has 0 spiro atoms. The van der Waals surface area contributed by atoms with E-state index in [9.17, 15) is 9.18 Å². The molecule has 1 aliphatic rings. The molecule has 0 radical (unpaired) electrons. The first-order valence-corrected chi connectivity index (χ1v) is 10.0. The SMILES string of the molecule is CC(C)(C)c1ccc(C(=O)N2CCC(COCc3ccc(F)cc3)CC2)cc1. The fourth-order valence-corrected chi connectivity index (χ4v) is 3.52. The molecule has 0 bridgehead atoms. The second-order valence-electron chi connectivity index (χ2n) is 8.70. The molecule has 3 nitrogen and oxygen atoms in total. The molecule has 1 heterocycles. The molecule has 0 unspecified atom stereocenters. The molecule has 0 aromatic heterocycles. The van der Waals surface area contributed by atoms with Crippen LogP contribution in [0.2, 0.25) is 0 Å². The molecule has 1 saturated heterocycles. The van der Waals surface area contributed by atoms with Crippen molar-refractivity contribution in [1.29, 1.82) is 0 Å². The Morgan fingerprint density at radius 1 is 1.04 bits per heavy atom. The molecule has 0 N–H and O–H groups in total. The smallest absolute Gasteiger partial charge is 0.253 e. The fraction of sp³-hybridized carbons (Fsp3) is 0.458. The molecule has 0 saturated carbocycles. The molecule has 150 valence electrons. The van der Waals surface area contributed by atoms with E-state index in [0.29, 0.717) is 19.1 Å². The molecule has 1 fully saturated rings. The number of benzene rings is 2. The minimum atomic E-state index is -0.228. The summed E-state index contributed by atoms with van der Waals surface area (Å²) in [6.07, 6.45) is 1.91. The number of hydrogen-bond donors (Lipinski definition) is 0. The molecule has 1 aliphatic heterocycles. The van der Waals surface area contributed by atoms with Crippen LogP contribution in [0.1, 0.15) is 55.1 Å². The van der Waals surface area contributed by atoms with E-state index in [-0.39, 0.29) is 17.1 Å². The van der Waals surface area contributed by atoms with Gasteiger partial charge in [0.2, 0.25) is 0 Å². The first kappa shape index (κ1) is 20.5. The van der Waals surface area contributed by atoms with Gasteiger partial charge in [0.1, 0.15) is 5.82 Å². The molecule has 3 rings (SSSR count). The van der Waals surface area contributed by atoms with E-state index in [1.165, 1.54) is 17.7 Å². The van der Waals surface area contributed by atoms with E-state index < -0.39 is 0 Å². The molecule has 2 aromatic rings. The van der Waals surface area contributed by atoms with Crippen LogP contribution in [-0.4, -0.2) is 30.5 Å². The maximum absolute atomic E-state index is 12.9. The zero-order valence-corrected chi connectivity index (χ0v) is 17.1. The normalized spacial score (nSPS) is 15.6. The average Bonchev–Trinajstić information content (AvgIpc) is 2.69. The van der Waals surface area contributed by atoms with Crippen LogP contribution >= 0.6 is 0 Å². The maximum Gasteiger partial charge on any atom is 0.253 e. The topological polar surface area (TPSA) is 29.5 Å². The van der Waals surface area contributed by atoms with E-state index >= 15 is 0 Å². The summed E-state index contributed by atoms with van der Waals surface area (Å²) < 4.78 is 18.7. The Morgan fingerprint density at radius 2 is 1.64 bits per heavy atom. The first-order chi connectivity index (χ1) is 13.3. The van der Waals surface area contributed by atoms with E-state index in [1.54, 1.807) is 12.1 Å². The first-order valence-electron chi connectivity index (χ1n) is 10.0. The summed E-state index contributed by atoms with van der Waals surface area (Å²) in [6, 6.07) is 14.4. The van der Waals surface area contributed by atoms with Crippen molar-refractivity contribution in [1.82, 2.24) is 4.90 Å². The van der Waals surface area contributed by atoms with Gasteiger partial charge in [-0.2, -0.15) is 0 Å². The maximum atomic E-state index is 12.9. The third-order valence-electron chi connectivity index (χ3n) is 5.44. The zero-order valence-electron chi connectivity index (χ0n) is 17.1. The van der Waals surface area contributed by atoms with Crippen molar-refractivity contribution >= 4 is 5.91 Å². The Bertz CT molecular complexity index is 770. The van der Waals surface area contributed by atoms with Gasteiger partial charge in [0.15, 0.2) is 0 Å². The van der Waals surface area contributed by atoms with Gasteiger partial charge in [0, 0.05) is 25.3 Å². The van der Waals surface area contributed by atoms with Crippen molar-refractivity contribution in [3.63, 3.8) is 0 Å². The number of carbonyl (C=O) groups is 1. The Kier molecular flexibility index (Phi) is 6.50. The minimum Gasteiger partial charge on any atom is -0.376 e. The molecular weight excluding hydrogens is 353 g/mol. The molecule has 28 heavy (non-hydrogen) atoms. The molecule has 4 heteroatoms. The van der Waals surface area contributed by atoms with Gasteiger partial charge in [-0.3, -0.25) is 4.79 Å². The van der Waals surface area contributed by atoms with Crippen molar-refractivity contribution in [2.75, 3.05) is 19.7 Å². The molecule has 0 aliphatic carbocycles. The highest BCUT2D eigenvalue weighted by molar-refractivity contribution is 5.94. The number of ether oxygens (including phenoxy) is 1. The lowest BCUT2D eigenvalue weighted by Gasteiger charge is -2.32. The van der Waals surface area contributed by atoms with Gasteiger partial charge in [-0.05, 0) is 59.6 Å². The van der Waals surface area contributed by atoms with Gasteiger partial charge in [-0.15, -0.1) is 0 Å². The highest BCUT2D eigenvalue weighted by atomic mass is 19.1. The van der Waals surface area contributed by atoms with Crippen LogP contribution in [0.25, 0.3) is 0 Å². The number of halogens is 1. The molecular formula is C24H30FNO2. The van der Waals surface area contributed by atoms with Gasteiger partial charge >= 0.3 is 0 Å². The van der Waals surface area contributed by atoms with Crippen LogP contribution in [0.3, 0.4) is 0 Å². The lowest BCUT2D eigenvalue weighted by atomic mass is 9.86. The van der Waals surface area contributed by atoms with Gasteiger partial charge in [-0.1, -0.05) is 45.0 Å². The van der Waals surface area contributed by atoms with Crippen molar-refractivity contribution in [3.05, 3.63) is 71.0 Å². The molecule has 2 aromatic carbocycles. The Hall–Kier alpha value is -2.20. The van der Waals surface area contributed by atoms with Gasteiger partial charge < -0.3 is 9.64 Å². The number of carbonyl (C=O) groups excluding carboxylic acids is 1. The summed E-state index contributed by atoms with van der Waals surface area (Å²) in [4.78, 5) is 14.7. The standard InChI is InChI=1S/C24H30FNO2/c1-24(2,3)21-8-6-20(7-9-21)23(27)26-14-12-19(13-15-26)17-28-16-18-4-10-22(25)11-5-18/h4-11,19H,12-17H2,1-3H3. The van der Waals surface area contributed by atoms with E-state index in [0.717, 1.165) is 37.1 Å². The van der Waals surface area contributed by atoms with E-state index in [2.05, 4.69) is 32.9 Å². The third-order valence-corrected chi connectivity index (χ3v) is 5.44. The summed E-state index contributed by atoms with van der Waals surface area (Å²) in [5.41, 5.74) is 3.07. The van der Waals surface area contributed by atoms with Crippen molar-refractivity contribution in [3.8, 4) is 0 Å². The second kappa shape index (κ2) is 8.87. The molecule has 0 atom stereocenters. The number of likely N-dealkylation sites (tertiary alicyclic amines) is 1. The van der Waals surface area contributed by atoms with Crippen molar-refractivity contribution < 1.29 is 13.9 Å². The summed E-state index contributed by atoms with van der Waals surface area (Å²) in [5, 5.41) is 0. The number of piperidine rings is 1. The van der Waals surface area contributed by atoms with E-state index in [1.807, 2.05) is 17.0 Å². The van der Waals surface area contributed by atoms with Crippen molar-refractivity contribution in [2.45, 2.75) is 45.6 Å². The third kappa shape index (κ3) is 5.41. The van der Waals surface area contributed by atoms with Gasteiger partial charge in [0.05, 0.1) is 6.61 Å². The Morgan fingerprint density at radius 3 is 2.21 bits per heavy atom. The average molecular weight is 384 g/mol. The number of rotatable bonds is 5. The van der Waals surface area contributed by atoms with E-state index in [4.69, 9.17) is 4.74 Å². The fourth-order valence-electron chi connectivity index (χ4n) is 3.52. The van der Waals surface area contributed by atoms with Crippen LogP contribution in [-0.2, 0) is 16.8 Å². The summed E-state index contributed by atoms with van der Waals surface area (Å²) in [6.45, 7) is 9.24. The predicted molar refractivity (Wildman–Crippen MR) is 110 cm³/mol. The van der Waals surface area contributed by atoms with Crippen LogP contribution in [0, 0.1) is 11.7 Å². The van der Waals surface area contributed by atoms with Crippen LogP contribution in [0.4, 0.5) is 4.39 Å². The van der Waals surface area contributed by atoms with Gasteiger partial charge in [-0.25, -0.2) is 4.39 Å². The lowest BCUT2D eigenvalue weighted by Crippen LogP contribution is -2.39. The highest BCUT2D eigenvalue weighted by Gasteiger charge is 2.24. The lowest BCUT2D eigenvalue weighted by molar-refractivity contribution is 0.0478. The number of nitrogens with zero attached hydrogens (tertiary/aromatic N) is 1. The van der Waals surface area contributed by atoms with Crippen LogP contribution in [0.5, 0.6) is 0 Å².